The number of carboxylic acids is 1. The fraction of sp³-hybridized carbons (Fsp3) is 0.514. The number of anilines is 1. The summed E-state index contributed by atoms with van der Waals surface area (Å²) in [6.07, 6.45) is 18.4. The first-order valence-corrected chi connectivity index (χ1v) is 16.7. The number of hydrogen-bond acceptors (Lipinski definition) is 5. The van der Waals surface area contributed by atoms with E-state index in [-0.39, 0.29) is 11.6 Å². The summed E-state index contributed by atoms with van der Waals surface area (Å²) in [6.45, 7) is 6.06. The minimum atomic E-state index is -1.06. The molecule has 4 aromatic rings. The highest BCUT2D eigenvalue weighted by molar-refractivity contribution is 6.34. The quantitative estimate of drug-likeness (QED) is 0.0848. The number of aromatic carboxylic acids is 1. The maximum Gasteiger partial charge on any atom is 0.339 e. The lowest BCUT2D eigenvalue weighted by Crippen LogP contribution is -2.12. The second-order valence-electron chi connectivity index (χ2n) is 11.9. The van der Waals surface area contributed by atoms with Crippen molar-refractivity contribution in [3.05, 3.63) is 70.1 Å². The molecule has 238 valence electrons. The van der Waals surface area contributed by atoms with Crippen molar-refractivity contribution in [1.82, 2.24) is 19.8 Å². The smallest absolute Gasteiger partial charge is 0.339 e. The van der Waals surface area contributed by atoms with Gasteiger partial charge < -0.3 is 15.2 Å². The minimum absolute atomic E-state index is 0.0780. The molecule has 2 aromatic heterocycles. The van der Waals surface area contributed by atoms with Crippen molar-refractivity contribution in [1.29, 1.82) is 0 Å². The number of H-pyrrole nitrogens is 1. The number of aromatic amines is 1. The Balaban J connectivity index is 1.23. The topological polar surface area (TPSA) is 105 Å². The molecule has 0 saturated carbocycles. The largest absolute Gasteiger partial charge is 0.478 e. The average molecular weight is 622 g/mol. The third-order valence-electron chi connectivity index (χ3n) is 8.17. The molecule has 3 N–H and O–H groups in total. The fourth-order valence-electron chi connectivity index (χ4n) is 5.64. The fourth-order valence-corrected chi connectivity index (χ4v) is 5.81. The average Bonchev–Trinajstić information content (AvgIpc) is 3.55. The summed E-state index contributed by atoms with van der Waals surface area (Å²) in [5.41, 5.74) is 3.26. The van der Waals surface area contributed by atoms with Crippen molar-refractivity contribution in [2.75, 3.05) is 5.32 Å². The number of unbranched alkanes of at least 4 members (excludes halogenated alkanes) is 12. The normalized spacial score (nSPS) is 12.1. The van der Waals surface area contributed by atoms with E-state index in [4.69, 9.17) is 16.3 Å². The zero-order valence-electron chi connectivity index (χ0n) is 26.5. The summed E-state index contributed by atoms with van der Waals surface area (Å²) in [5.74, 6) is 0.507. The molecule has 0 saturated heterocycles. The first-order chi connectivity index (χ1) is 21.4. The number of halogens is 1. The van der Waals surface area contributed by atoms with Crippen LogP contribution in [0.5, 0.6) is 11.5 Å². The van der Waals surface area contributed by atoms with Gasteiger partial charge in [0, 0.05) is 5.69 Å². The number of fused-ring (bicyclic) bond motifs is 1. The van der Waals surface area contributed by atoms with Gasteiger partial charge in [0.15, 0.2) is 11.5 Å². The Hall–Kier alpha value is -3.52. The number of nitrogens with one attached hydrogen (secondary N) is 2. The zero-order chi connectivity index (χ0) is 31.3. The van der Waals surface area contributed by atoms with Crippen LogP contribution in [-0.2, 0) is 6.42 Å². The Morgan fingerprint density at radius 2 is 1.61 bits per heavy atom. The van der Waals surface area contributed by atoms with Crippen LogP contribution in [0.4, 0.5) is 5.69 Å². The molecule has 0 spiro atoms. The van der Waals surface area contributed by atoms with Crippen LogP contribution in [0.2, 0.25) is 5.02 Å². The maximum absolute atomic E-state index is 12.2. The van der Waals surface area contributed by atoms with Gasteiger partial charge in [0.2, 0.25) is 0 Å². The molecule has 0 bridgehead atoms. The molecule has 9 heteroatoms. The van der Waals surface area contributed by atoms with Gasteiger partial charge in [-0.2, -0.15) is 0 Å². The molecule has 0 aliphatic rings. The van der Waals surface area contributed by atoms with Crippen LogP contribution in [0, 0.1) is 6.92 Å². The van der Waals surface area contributed by atoms with Crippen LogP contribution >= 0.6 is 11.6 Å². The third kappa shape index (κ3) is 9.49. The van der Waals surface area contributed by atoms with Crippen molar-refractivity contribution in [3.63, 3.8) is 0 Å². The van der Waals surface area contributed by atoms with E-state index >= 15 is 0 Å². The number of carbonyl (C=O) groups is 1. The van der Waals surface area contributed by atoms with E-state index in [2.05, 4.69) is 33.6 Å². The number of hydrogen-bond donors (Lipinski definition) is 3. The predicted molar refractivity (Wildman–Crippen MR) is 178 cm³/mol. The van der Waals surface area contributed by atoms with E-state index in [0.717, 1.165) is 18.5 Å². The molecule has 1 atom stereocenters. The van der Waals surface area contributed by atoms with E-state index in [1.165, 1.54) is 82.6 Å². The van der Waals surface area contributed by atoms with Gasteiger partial charge in [-0.15, -0.1) is 10.2 Å². The number of ether oxygens (including phenoxy) is 1. The standard InChI is InChI=1S/C35H48ClN5O3/c1-4-5-6-7-8-9-10-11-12-13-14-15-16-18-27-19-17-20-29(23-27)44-31-22-21-28(24-30(31)35(42)43)37-26(3)33-38-39-34-32(36)25(2)40-41(33)34/h17,19-24,26,37,40H,4-16,18H2,1-3H3,(H,42,43). The summed E-state index contributed by atoms with van der Waals surface area (Å²) in [4.78, 5) is 12.2. The molecule has 0 aliphatic carbocycles. The molecule has 2 heterocycles. The Labute approximate surface area is 266 Å². The van der Waals surface area contributed by atoms with Gasteiger partial charge in [-0.1, -0.05) is 108 Å². The highest BCUT2D eigenvalue weighted by atomic mass is 35.5. The lowest BCUT2D eigenvalue weighted by Gasteiger charge is -2.16. The molecule has 2 aromatic carbocycles. The van der Waals surface area contributed by atoms with Crippen molar-refractivity contribution in [2.24, 2.45) is 0 Å². The lowest BCUT2D eigenvalue weighted by molar-refractivity contribution is 0.0694. The summed E-state index contributed by atoms with van der Waals surface area (Å²) < 4.78 is 7.81. The van der Waals surface area contributed by atoms with Gasteiger partial charge in [0.1, 0.15) is 22.1 Å². The van der Waals surface area contributed by atoms with Gasteiger partial charge in [-0.25, -0.2) is 9.31 Å². The Morgan fingerprint density at radius 3 is 2.27 bits per heavy atom. The van der Waals surface area contributed by atoms with Crippen molar-refractivity contribution >= 4 is 28.9 Å². The van der Waals surface area contributed by atoms with Gasteiger partial charge in [0.25, 0.3) is 0 Å². The van der Waals surface area contributed by atoms with E-state index in [9.17, 15) is 9.90 Å². The molecule has 0 amide bonds. The first-order valence-electron chi connectivity index (χ1n) is 16.4. The molecule has 0 fully saturated rings. The van der Waals surface area contributed by atoms with Gasteiger partial charge >= 0.3 is 5.97 Å². The van der Waals surface area contributed by atoms with E-state index in [0.29, 0.717) is 33.7 Å². The molecule has 0 radical (unpaired) electrons. The minimum Gasteiger partial charge on any atom is -0.478 e. The van der Waals surface area contributed by atoms with Crippen molar-refractivity contribution < 1.29 is 14.6 Å². The van der Waals surface area contributed by atoms with Crippen LogP contribution in [0.1, 0.15) is 131 Å². The van der Waals surface area contributed by atoms with Crippen LogP contribution in [0.25, 0.3) is 5.65 Å². The molecule has 0 aliphatic heterocycles. The lowest BCUT2D eigenvalue weighted by atomic mass is 10.0. The predicted octanol–water partition coefficient (Wildman–Crippen LogP) is 10.3. The second-order valence-corrected chi connectivity index (χ2v) is 12.3. The number of aryl methyl sites for hydroxylation is 2. The van der Waals surface area contributed by atoms with E-state index < -0.39 is 5.97 Å². The monoisotopic (exact) mass is 621 g/mol. The van der Waals surface area contributed by atoms with Crippen LogP contribution in [-0.4, -0.2) is 30.9 Å². The summed E-state index contributed by atoms with van der Waals surface area (Å²) >= 11 is 6.29. The van der Waals surface area contributed by atoms with Crippen LogP contribution in [0.15, 0.2) is 42.5 Å². The molecule has 8 nitrogen and oxygen atoms in total. The number of benzene rings is 2. The number of rotatable bonds is 20. The molecular weight excluding hydrogens is 574 g/mol. The number of carboxylic acid groups (broad SMARTS) is 1. The van der Waals surface area contributed by atoms with Gasteiger partial charge in [-0.3, -0.25) is 5.10 Å². The number of aromatic nitrogens is 4. The molecule has 1 unspecified atom stereocenters. The second kappa shape index (κ2) is 17.1. The highest BCUT2D eigenvalue weighted by Crippen LogP contribution is 2.31. The van der Waals surface area contributed by atoms with Gasteiger partial charge in [0.05, 0.1) is 11.7 Å². The SMILES string of the molecule is CCCCCCCCCCCCCCCc1cccc(Oc2ccc(NC(C)c3nnc4c(Cl)c(C)[nH]n34)cc2C(=O)O)c1. The number of nitrogens with zero attached hydrogens (tertiary/aromatic N) is 3. The molecule has 4 rings (SSSR count). The Morgan fingerprint density at radius 1 is 0.955 bits per heavy atom. The molecular formula is C35H48ClN5O3. The van der Waals surface area contributed by atoms with E-state index in [1.807, 2.05) is 32.0 Å². The highest BCUT2D eigenvalue weighted by Gasteiger charge is 2.20. The molecule has 44 heavy (non-hydrogen) atoms. The van der Waals surface area contributed by atoms with Gasteiger partial charge in [-0.05, 0) is 62.6 Å². The summed E-state index contributed by atoms with van der Waals surface area (Å²) in [7, 11) is 0. The van der Waals surface area contributed by atoms with Crippen LogP contribution in [0.3, 0.4) is 0 Å². The van der Waals surface area contributed by atoms with Crippen LogP contribution < -0.4 is 10.1 Å². The zero-order valence-corrected chi connectivity index (χ0v) is 27.3. The maximum atomic E-state index is 12.2. The summed E-state index contributed by atoms with van der Waals surface area (Å²) in [6, 6.07) is 12.8. The van der Waals surface area contributed by atoms with Crippen molar-refractivity contribution in [2.45, 2.75) is 117 Å². The third-order valence-corrected chi connectivity index (χ3v) is 8.62. The van der Waals surface area contributed by atoms with Crippen molar-refractivity contribution in [3.8, 4) is 11.5 Å². The Kier molecular flexibility index (Phi) is 13.0. The first kappa shape index (κ1) is 33.4. The Bertz CT molecular complexity index is 1480. The summed E-state index contributed by atoms with van der Waals surface area (Å²) in [5, 5.41) is 25.4. The van der Waals surface area contributed by atoms with E-state index in [1.54, 1.807) is 22.7 Å².